The highest BCUT2D eigenvalue weighted by molar-refractivity contribution is 7.89. The van der Waals surface area contributed by atoms with Gasteiger partial charge in [0.2, 0.25) is 10.0 Å². The molecule has 0 aliphatic carbocycles. The molecule has 10 heteroatoms. The van der Waals surface area contributed by atoms with E-state index in [2.05, 4.69) is 25.3 Å². The van der Waals surface area contributed by atoms with Crippen LogP contribution in [0.25, 0.3) is 5.82 Å². The van der Waals surface area contributed by atoms with Gasteiger partial charge >= 0.3 is 0 Å². The first-order valence-electron chi connectivity index (χ1n) is 7.37. The summed E-state index contributed by atoms with van der Waals surface area (Å²) in [5, 5.41) is 15.6. The van der Waals surface area contributed by atoms with Crippen LogP contribution in [0, 0.1) is 0 Å². The summed E-state index contributed by atoms with van der Waals surface area (Å²) in [7, 11) is -3.56. The molecule has 0 bridgehead atoms. The van der Waals surface area contributed by atoms with Gasteiger partial charge < -0.3 is 5.32 Å². The maximum atomic E-state index is 12.1. The summed E-state index contributed by atoms with van der Waals surface area (Å²) in [5.74, 6) is 1.14. The molecule has 0 spiro atoms. The third-order valence-electron chi connectivity index (χ3n) is 3.24. The van der Waals surface area contributed by atoms with Gasteiger partial charge in [-0.05, 0) is 42.5 Å². The summed E-state index contributed by atoms with van der Waals surface area (Å²) in [4.78, 5) is 0.167. The van der Waals surface area contributed by atoms with Crippen LogP contribution in [0.5, 0.6) is 0 Å². The molecule has 2 heterocycles. The Kier molecular flexibility index (Phi) is 5.27. The molecule has 0 fully saturated rings. The number of halogens is 1. The first-order valence-corrected chi connectivity index (χ1v) is 9.23. The summed E-state index contributed by atoms with van der Waals surface area (Å²) in [6.45, 7) is 0.566. The molecule has 0 radical (unpaired) electrons. The van der Waals surface area contributed by atoms with Gasteiger partial charge in [0.05, 0.1) is 4.90 Å². The highest BCUT2D eigenvalue weighted by Gasteiger charge is 2.12. The second kappa shape index (κ2) is 7.60. The zero-order valence-electron chi connectivity index (χ0n) is 13.0. The molecule has 1 aromatic carbocycles. The van der Waals surface area contributed by atoms with E-state index >= 15 is 0 Å². The fourth-order valence-corrected chi connectivity index (χ4v) is 3.18. The lowest BCUT2D eigenvalue weighted by Gasteiger charge is -2.08. The minimum Gasteiger partial charge on any atom is -0.367 e. The van der Waals surface area contributed by atoms with Crippen molar-refractivity contribution in [3.63, 3.8) is 0 Å². The predicted molar refractivity (Wildman–Crippen MR) is 94.3 cm³/mol. The van der Waals surface area contributed by atoms with E-state index in [-0.39, 0.29) is 11.4 Å². The van der Waals surface area contributed by atoms with Crippen molar-refractivity contribution in [2.24, 2.45) is 0 Å². The van der Waals surface area contributed by atoms with Crippen molar-refractivity contribution in [1.82, 2.24) is 24.7 Å². The van der Waals surface area contributed by atoms with Crippen molar-refractivity contribution in [3.05, 3.63) is 59.9 Å². The van der Waals surface area contributed by atoms with Gasteiger partial charge in [0, 0.05) is 30.5 Å². The molecular weight excluding hydrogens is 364 g/mol. The van der Waals surface area contributed by atoms with Crippen LogP contribution in [0.3, 0.4) is 0 Å². The molecule has 3 aromatic rings. The largest absolute Gasteiger partial charge is 0.367 e. The van der Waals surface area contributed by atoms with Crippen molar-refractivity contribution in [2.45, 2.75) is 4.90 Å². The van der Waals surface area contributed by atoms with Gasteiger partial charge in [-0.3, -0.25) is 0 Å². The lowest BCUT2D eigenvalue weighted by Crippen LogP contribution is -2.29. The normalized spacial score (nSPS) is 11.4. The molecule has 0 saturated carbocycles. The number of hydrogen-bond donors (Lipinski definition) is 2. The Hall–Kier alpha value is -2.49. The fourth-order valence-electron chi connectivity index (χ4n) is 2.02. The summed E-state index contributed by atoms with van der Waals surface area (Å²) in [6, 6.07) is 11.3. The van der Waals surface area contributed by atoms with Crippen LogP contribution in [0.15, 0.2) is 59.8 Å². The van der Waals surface area contributed by atoms with E-state index in [0.29, 0.717) is 23.2 Å². The van der Waals surface area contributed by atoms with Crippen molar-refractivity contribution in [2.75, 3.05) is 18.4 Å². The number of hydrogen-bond acceptors (Lipinski definition) is 6. The van der Waals surface area contributed by atoms with Crippen LogP contribution in [-0.4, -0.2) is 41.5 Å². The molecule has 0 aliphatic rings. The SMILES string of the molecule is O=S(=O)(NCCNc1ccc(-n2cccn2)nn1)c1ccc(Cl)cc1. The fraction of sp³-hybridized carbons (Fsp3) is 0.133. The molecule has 0 amide bonds. The quantitative estimate of drug-likeness (QED) is 0.607. The maximum Gasteiger partial charge on any atom is 0.240 e. The average molecular weight is 379 g/mol. The van der Waals surface area contributed by atoms with Crippen LogP contribution in [0.2, 0.25) is 5.02 Å². The van der Waals surface area contributed by atoms with Crippen molar-refractivity contribution in [1.29, 1.82) is 0 Å². The molecule has 3 rings (SSSR count). The second-order valence-electron chi connectivity index (χ2n) is 5.01. The van der Waals surface area contributed by atoms with E-state index in [1.165, 1.54) is 24.3 Å². The zero-order chi connectivity index (χ0) is 17.7. The molecule has 0 aliphatic heterocycles. The third-order valence-corrected chi connectivity index (χ3v) is 4.97. The van der Waals surface area contributed by atoms with Gasteiger partial charge in [-0.15, -0.1) is 10.2 Å². The summed E-state index contributed by atoms with van der Waals surface area (Å²) in [5.41, 5.74) is 0. The molecular formula is C15H15ClN6O2S. The molecule has 2 aromatic heterocycles. The lowest BCUT2D eigenvalue weighted by molar-refractivity contribution is 0.583. The summed E-state index contributed by atoms with van der Waals surface area (Å²) in [6.07, 6.45) is 3.42. The van der Waals surface area contributed by atoms with Gasteiger partial charge in [-0.1, -0.05) is 11.6 Å². The molecule has 25 heavy (non-hydrogen) atoms. The van der Waals surface area contributed by atoms with Gasteiger partial charge in [0.15, 0.2) is 5.82 Å². The Morgan fingerprint density at radius 2 is 1.84 bits per heavy atom. The molecule has 2 N–H and O–H groups in total. The highest BCUT2D eigenvalue weighted by atomic mass is 35.5. The Morgan fingerprint density at radius 3 is 2.48 bits per heavy atom. The number of aromatic nitrogens is 4. The van der Waals surface area contributed by atoms with Crippen LogP contribution in [0.1, 0.15) is 0 Å². The van der Waals surface area contributed by atoms with E-state index in [1.54, 1.807) is 35.3 Å². The molecule has 130 valence electrons. The van der Waals surface area contributed by atoms with E-state index in [4.69, 9.17) is 11.6 Å². The van der Waals surface area contributed by atoms with Gasteiger partial charge in [0.25, 0.3) is 0 Å². The minimum absolute atomic E-state index is 0.167. The number of sulfonamides is 1. The Bertz CT molecular complexity index is 912. The maximum absolute atomic E-state index is 12.1. The standard InChI is InChI=1S/C15H15ClN6O2S/c16-12-2-4-13(5-3-12)25(23,24)19-10-9-17-14-6-7-15(21-20-14)22-11-1-8-18-22/h1-8,11,19H,9-10H2,(H,17,20). The molecule has 0 saturated heterocycles. The van der Waals surface area contributed by atoms with Gasteiger partial charge in [-0.2, -0.15) is 5.10 Å². The second-order valence-corrected chi connectivity index (χ2v) is 7.21. The number of nitrogens with one attached hydrogen (secondary N) is 2. The van der Waals surface area contributed by atoms with Crippen LogP contribution >= 0.6 is 11.6 Å². The van der Waals surface area contributed by atoms with E-state index in [9.17, 15) is 8.42 Å². The number of rotatable bonds is 7. The molecule has 0 atom stereocenters. The topological polar surface area (TPSA) is 102 Å². The summed E-state index contributed by atoms with van der Waals surface area (Å²) >= 11 is 5.76. The van der Waals surface area contributed by atoms with Crippen LogP contribution in [0.4, 0.5) is 5.82 Å². The Balaban J connectivity index is 1.50. The first kappa shape index (κ1) is 17.3. The Morgan fingerprint density at radius 1 is 1.04 bits per heavy atom. The number of anilines is 1. The van der Waals surface area contributed by atoms with Crippen molar-refractivity contribution in [3.8, 4) is 5.82 Å². The Labute approximate surface area is 149 Å². The summed E-state index contributed by atoms with van der Waals surface area (Å²) < 4.78 is 28.3. The van der Waals surface area contributed by atoms with E-state index in [0.717, 1.165) is 0 Å². The number of benzene rings is 1. The number of nitrogens with zero attached hydrogens (tertiary/aromatic N) is 4. The monoisotopic (exact) mass is 378 g/mol. The van der Waals surface area contributed by atoms with Gasteiger partial charge in [-0.25, -0.2) is 17.8 Å². The van der Waals surface area contributed by atoms with Crippen molar-refractivity contribution < 1.29 is 8.42 Å². The van der Waals surface area contributed by atoms with Crippen LogP contribution in [-0.2, 0) is 10.0 Å². The zero-order valence-corrected chi connectivity index (χ0v) is 14.6. The van der Waals surface area contributed by atoms with Gasteiger partial charge in [0.1, 0.15) is 5.82 Å². The molecule has 0 unspecified atom stereocenters. The highest BCUT2D eigenvalue weighted by Crippen LogP contribution is 2.13. The van der Waals surface area contributed by atoms with Crippen LogP contribution < -0.4 is 10.0 Å². The predicted octanol–water partition coefficient (Wildman–Crippen LogP) is 1.71. The molecule has 8 nitrogen and oxygen atoms in total. The smallest absolute Gasteiger partial charge is 0.240 e. The average Bonchev–Trinajstić information content (AvgIpc) is 3.14. The minimum atomic E-state index is -3.56. The third kappa shape index (κ3) is 4.53. The van der Waals surface area contributed by atoms with E-state index in [1.807, 2.05) is 0 Å². The van der Waals surface area contributed by atoms with Crippen molar-refractivity contribution >= 4 is 27.4 Å². The first-order chi connectivity index (χ1) is 12.0. The van der Waals surface area contributed by atoms with E-state index < -0.39 is 10.0 Å². The lowest BCUT2D eigenvalue weighted by atomic mass is 10.4.